The Kier molecular flexibility index (Phi) is 8.50. The van der Waals surface area contributed by atoms with Crippen LogP contribution in [0.5, 0.6) is 0 Å². The summed E-state index contributed by atoms with van der Waals surface area (Å²) in [6.45, 7) is -5.69. The van der Waals surface area contributed by atoms with Crippen molar-refractivity contribution in [2.45, 2.75) is 50.7 Å². The molecular weight excluding hydrogens is 684 g/mol. The van der Waals surface area contributed by atoms with Crippen molar-refractivity contribution >= 4 is 71.5 Å². The first-order valence-electron chi connectivity index (χ1n) is 14.2. The smallest absolute Gasteiger partial charge is 0.382 e. The quantitative estimate of drug-likeness (QED) is 0.107. The van der Waals surface area contributed by atoms with Gasteiger partial charge in [-0.2, -0.15) is 10.1 Å². The minimum Gasteiger partial charge on any atom is -0.382 e. The van der Waals surface area contributed by atoms with Gasteiger partial charge in [0.25, 0.3) is 5.56 Å². The number of nitrogens with two attached hydrogens (primary N) is 1. The van der Waals surface area contributed by atoms with Gasteiger partial charge in [-0.15, -0.1) is 0 Å². The van der Waals surface area contributed by atoms with Gasteiger partial charge < -0.3 is 33.5 Å². The molecular formula is C23H29N11O8P2S2. The minimum absolute atomic E-state index is 0.0234. The molecule has 0 radical (unpaired) electrons. The molecule has 5 aromatic heterocycles. The molecule has 0 aromatic carbocycles. The number of hydrogen-bond acceptors (Lipinski definition) is 15. The molecule has 0 amide bonds. The number of nitrogen functional groups attached to an aromatic ring is 1. The number of fused-ring (bicyclic) bond motifs is 3. The number of H-pyrrole nitrogens is 1. The lowest BCUT2D eigenvalue weighted by Gasteiger charge is -2.36. The molecule has 2 unspecified atom stereocenters. The fraction of sp³-hybridized carbons (Fsp3) is 0.522. The second kappa shape index (κ2) is 12.3. The van der Waals surface area contributed by atoms with Crippen LogP contribution in [0.4, 0.5) is 5.82 Å². The second-order valence-corrected chi connectivity index (χ2v) is 16.5. The number of hydrogen-bond donors (Lipinski definition) is 4. The lowest BCUT2D eigenvalue weighted by atomic mass is 9.81. The SMILES string of the molecule is CCOP(O)(=S)OC[C@H]1O[C@@H](n2cnc3c(N)ncnc32)C[C@@H]1OP(=O)(S)OCC1CC(n2cnc3c(=O)n4cn[nH]c4nc32)C1. The van der Waals surface area contributed by atoms with E-state index in [4.69, 9.17) is 40.4 Å². The Morgan fingerprint density at radius 2 is 1.87 bits per heavy atom. The monoisotopic (exact) mass is 713 g/mol. The lowest BCUT2D eigenvalue weighted by molar-refractivity contribution is -0.0384. The highest BCUT2D eigenvalue weighted by atomic mass is 32.7. The topological polar surface area (TPSA) is 234 Å². The molecule has 1 aliphatic heterocycles. The van der Waals surface area contributed by atoms with Crippen LogP contribution in [0.15, 0.2) is 30.1 Å². The van der Waals surface area contributed by atoms with Crippen molar-refractivity contribution in [2.24, 2.45) is 5.92 Å². The van der Waals surface area contributed by atoms with Crippen molar-refractivity contribution in [3.63, 3.8) is 0 Å². The van der Waals surface area contributed by atoms with Gasteiger partial charge in [-0.1, -0.05) is 12.2 Å². The normalized spacial score (nSPS) is 26.0. The molecule has 23 heteroatoms. The van der Waals surface area contributed by atoms with Gasteiger partial charge in [-0.05, 0) is 37.5 Å². The average molecular weight is 714 g/mol. The fourth-order valence-corrected chi connectivity index (χ4v) is 8.45. The number of rotatable bonds is 12. The van der Waals surface area contributed by atoms with Gasteiger partial charge in [0.2, 0.25) is 5.78 Å². The van der Waals surface area contributed by atoms with Gasteiger partial charge in [0.05, 0.1) is 32.5 Å². The van der Waals surface area contributed by atoms with Crippen molar-refractivity contribution in [2.75, 3.05) is 25.6 Å². The predicted octanol–water partition coefficient (Wildman–Crippen LogP) is 2.14. The zero-order chi connectivity index (χ0) is 32.2. The van der Waals surface area contributed by atoms with E-state index in [2.05, 4.69) is 47.4 Å². The standard InChI is InChI=1S/C23H29N11O8P2S2/c1-2-38-43(36,45)40-7-15-14(5-16(41-15)33-10-27-17-19(24)25-8-26-20(17)33)42-44(37,46)39-6-12-3-13(4-12)32-9-28-18-21(32)30-23-31-29-11-34(23)22(18)35/h8-16H,2-7H2,1H3,(H,30,31)(H,36,45)(H,37,46)(H2,24,25,26)/t12?,13?,14-,15+,16+,43?,44?/m0/s1. The highest BCUT2D eigenvalue weighted by molar-refractivity contribution is 8.44. The summed E-state index contributed by atoms with van der Waals surface area (Å²) in [6.07, 6.45) is 4.98. The summed E-state index contributed by atoms with van der Waals surface area (Å²) in [4.78, 5) is 44.2. The number of anilines is 1. The fourth-order valence-electron chi connectivity index (χ4n) is 5.62. The summed E-state index contributed by atoms with van der Waals surface area (Å²) in [5, 5.41) is 6.56. The van der Waals surface area contributed by atoms with Crippen LogP contribution < -0.4 is 11.3 Å². The number of nitrogens with one attached hydrogen (secondary N) is 1. The van der Waals surface area contributed by atoms with Crippen LogP contribution >= 0.6 is 25.8 Å². The molecule has 19 nitrogen and oxygen atoms in total. The van der Waals surface area contributed by atoms with Crippen molar-refractivity contribution < 1.29 is 32.3 Å². The molecule has 2 aliphatic rings. The molecule has 0 bridgehead atoms. The van der Waals surface area contributed by atoms with E-state index >= 15 is 0 Å². The summed E-state index contributed by atoms with van der Waals surface area (Å²) in [5.41, 5.74) is 7.17. The van der Waals surface area contributed by atoms with Crippen molar-refractivity contribution in [1.29, 1.82) is 0 Å². The third-order valence-electron chi connectivity index (χ3n) is 7.88. The molecule has 6 heterocycles. The summed E-state index contributed by atoms with van der Waals surface area (Å²) in [6, 6.07) is 0.0234. The van der Waals surface area contributed by atoms with E-state index < -0.39 is 32.0 Å². The Balaban J connectivity index is 1.00. The summed E-state index contributed by atoms with van der Waals surface area (Å²) >= 11 is 9.29. The van der Waals surface area contributed by atoms with E-state index in [0.717, 1.165) is 0 Å². The first-order chi connectivity index (χ1) is 22.0. The zero-order valence-corrected chi connectivity index (χ0v) is 27.6. The predicted molar refractivity (Wildman–Crippen MR) is 168 cm³/mol. The van der Waals surface area contributed by atoms with Gasteiger partial charge in [-0.3, -0.25) is 13.9 Å². The Hall–Kier alpha value is -2.84. The molecule has 2 fully saturated rings. The minimum atomic E-state index is -3.90. The Bertz CT molecular complexity index is 2060. The molecule has 1 aliphatic carbocycles. The first kappa shape index (κ1) is 31.7. The van der Waals surface area contributed by atoms with Gasteiger partial charge in [-0.25, -0.2) is 34.0 Å². The van der Waals surface area contributed by atoms with Crippen LogP contribution in [0, 0.1) is 5.92 Å². The number of nitrogens with zero attached hydrogens (tertiary/aromatic N) is 9. The maximum Gasteiger partial charge on any atom is 0.386 e. The molecule has 1 saturated heterocycles. The van der Waals surface area contributed by atoms with Crippen LogP contribution in [0.1, 0.15) is 38.5 Å². The van der Waals surface area contributed by atoms with E-state index in [-0.39, 0.29) is 55.1 Å². The number of aromatic amines is 1. The molecule has 5 atom stereocenters. The van der Waals surface area contributed by atoms with Gasteiger partial charge in [0.15, 0.2) is 22.6 Å². The maximum atomic E-state index is 13.4. The van der Waals surface area contributed by atoms with Crippen LogP contribution in [0.25, 0.3) is 28.1 Å². The summed E-state index contributed by atoms with van der Waals surface area (Å²) in [5.74, 6) is 0.577. The molecule has 4 N–H and O–H groups in total. The lowest BCUT2D eigenvalue weighted by Crippen LogP contribution is -2.30. The first-order valence-corrected chi connectivity index (χ1v) is 19.4. The molecule has 0 spiro atoms. The highest BCUT2D eigenvalue weighted by Crippen LogP contribution is 2.57. The van der Waals surface area contributed by atoms with Crippen LogP contribution in [0.2, 0.25) is 0 Å². The number of ether oxygens (including phenoxy) is 1. The average Bonchev–Trinajstić information content (AvgIpc) is 3.77. The molecule has 246 valence electrons. The van der Waals surface area contributed by atoms with E-state index in [1.165, 1.54) is 23.4 Å². The van der Waals surface area contributed by atoms with Crippen LogP contribution in [-0.2, 0) is 39.2 Å². The highest BCUT2D eigenvalue weighted by Gasteiger charge is 2.43. The largest absolute Gasteiger partial charge is 0.386 e. The van der Waals surface area contributed by atoms with E-state index in [1.54, 1.807) is 17.8 Å². The van der Waals surface area contributed by atoms with E-state index in [1.807, 2.05) is 4.57 Å². The maximum absolute atomic E-state index is 13.4. The van der Waals surface area contributed by atoms with Gasteiger partial charge >= 0.3 is 13.5 Å². The molecule has 46 heavy (non-hydrogen) atoms. The third kappa shape index (κ3) is 6.12. The third-order valence-corrected chi connectivity index (χ3v) is 11.2. The van der Waals surface area contributed by atoms with Gasteiger partial charge in [0.1, 0.15) is 36.6 Å². The number of thiol groups is 1. The molecule has 7 rings (SSSR count). The summed E-state index contributed by atoms with van der Waals surface area (Å²) < 4.78 is 46.7. The zero-order valence-electron chi connectivity index (χ0n) is 24.1. The molecule has 5 aromatic rings. The molecule has 1 saturated carbocycles. The van der Waals surface area contributed by atoms with Crippen molar-refractivity contribution in [3.05, 3.63) is 35.7 Å². The summed E-state index contributed by atoms with van der Waals surface area (Å²) in [7, 11) is 0. The Labute approximate surface area is 269 Å². The van der Waals surface area contributed by atoms with Crippen molar-refractivity contribution in [3.8, 4) is 0 Å². The number of aromatic nitrogens is 10. The Morgan fingerprint density at radius 1 is 1.09 bits per heavy atom. The van der Waals surface area contributed by atoms with Gasteiger partial charge in [0, 0.05) is 12.5 Å². The van der Waals surface area contributed by atoms with Crippen LogP contribution in [0.3, 0.4) is 0 Å². The van der Waals surface area contributed by atoms with E-state index in [0.29, 0.717) is 35.4 Å². The van der Waals surface area contributed by atoms with Crippen LogP contribution in [-0.4, -0.2) is 85.6 Å². The van der Waals surface area contributed by atoms with E-state index in [9.17, 15) is 14.3 Å². The van der Waals surface area contributed by atoms with Crippen molar-refractivity contribution in [1.82, 2.24) is 48.7 Å². The number of imidazole rings is 2. The Morgan fingerprint density at radius 3 is 2.67 bits per heavy atom. The second-order valence-electron chi connectivity index (χ2n) is 10.8.